The fraction of sp³-hybridized carbons (Fsp3) is 0.833. The third kappa shape index (κ3) is 6.80. The van der Waals surface area contributed by atoms with Gasteiger partial charge in [-0.1, -0.05) is 0 Å². The van der Waals surface area contributed by atoms with Crippen LogP contribution in [0, 0.1) is 0 Å². The average Bonchev–Trinajstić information content (AvgIpc) is 2.36. The van der Waals surface area contributed by atoms with Crippen LogP contribution in [0.3, 0.4) is 0 Å². The molecule has 0 aliphatic carbocycles. The molecule has 2 N–H and O–H groups in total. The van der Waals surface area contributed by atoms with E-state index >= 15 is 0 Å². The highest BCUT2D eigenvalue weighted by Crippen LogP contribution is 2.13. The number of hydrogen-bond acceptors (Lipinski definition) is 8. The minimum atomic E-state index is -1.34. The predicted octanol–water partition coefficient (Wildman–Crippen LogP) is -1.14. The van der Waals surface area contributed by atoms with E-state index in [1.165, 1.54) is 28.1 Å². The first-order valence-electron chi connectivity index (χ1n) is 6.01. The second-order valence-corrected chi connectivity index (χ2v) is 4.16. The van der Waals surface area contributed by atoms with Gasteiger partial charge in [0.2, 0.25) is 0 Å². The Balaban J connectivity index is 4.71. The van der Waals surface area contributed by atoms with Crippen LogP contribution in [0.1, 0.15) is 13.8 Å². The number of rotatable bonds is 9. The van der Waals surface area contributed by atoms with Crippen molar-refractivity contribution in [2.24, 2.45) is 0 Å². The largest absolute Gasteiger partial charge is 0.463 e. The highest BCUT2D eigenvalue weighted by molar-refractivity contribution is 5.66. The van der Waals surface area contributed by atoms with Crippen molar-refractivity contribution in [3.05, 3.63) is 0 Å². The lowest BCUT2D eigenvalue weighted by Crippen LogP contribution is -2.50. The first kappa shape index (κ1) is 18.8. The summed E-state index contributed by atoms with van der Waals surface area (Å²) in [5.74, 6) is -1.17. The van der Waals surface area contributed by atoms with Crippen LogP contribution >= 0.6 is 0 Å². The lowest BCUT2D eigenvalue weighted by atomic mass is 10.0. The van der Waals surface area contributed by atoms with E-state index in [1.807, 2.05) is 0 Å². The van der Waals surface area contributed by atoms with Crippen molar-refractivity contribution < 1.29 is 38.7 Å². The van der Waals surface area contributed by atoms with E-state index in [1.54, 1.807) is 0 Å². The Morgan fingerprint density at radius 3 is 2.05 bits per heavy atom. The molecule has 0 aromatic rings. The maximum absolute atomic E-state index is 11.0. The molecule has 4 atom stereocenters. The van der Waals surface area contributed by atoms with Crippen LogP contribution in [0.4, 0.5) is 0 Å². The number of aliphatic hydroxyl groups excluding tert-OH is 2. The van der Waals surface area contributed by atoms with Crippen LogP contribution < -0.4 is 0 Å². The van der Waals surface area contributed by atoms with Gasteiger partial charge in [0.15, 0.2) is 6.10 Å². The van der Waals surface area contributed by atoms with Gasteiger partial charge in [-0.25, -0.2) is 0 Å². The molecule has 0 spiro atoms. The van der Waals surface area contributed by atoms with Gasteiger partial charge in [0.25, 0.3) is 0 Å². The number of carbonyl (C=O) groups is 2. The molecule has 0 saturated heterocycles. The van der Waals surface area contributed by atoms with Crippen LogP contribution in [0.25, 0.3) is 0 Å². The summed E-state index contributed by atoms with van der Waals surface area (Å²) in [4.78, 5) is 21.7. The zero-order chi connectivity index (χ0) is 15.7. The molecule has 0 fully saturated rings. The second-order valence-electron chi connectivity index (χ2n) is 4.16. The Hall–Kier alpha value is -1.22. The lowest BCUT2D eigenvalue weighted by molar-refractivity contribution is -0.176. The molecular formula is C12H22O8. The molecule has 8 nitrogen and oxygen atoms in total. The van der Waals surface area contributed by atoms with E-state index in [-0.39, 0.29) is 13.2 Å². The Morgan fingerprint density at radius 2 is 1.65 bits per heavy atom. The minimum absolute atomic E-state index is 0.0686. The zero-order valence-electron chi connectivity index (χ0n) is 12.1. The molecule has 0 aliphatic rings. The van der Waals surface area contributed by atoms with Crippen LogP contribution in [-0.4, -0.2) is 74.0 Å². The summed E-state index contributed by atoms with van der Waals surface area (Å²) in [6, 6.07) is 0. The molecule has 0 aliphatic heterocycles. The molecule has 0 radical (unpaired) electrons. The van der Waals surface area contributed by atoms with E-state index in [9.17, 15) is 19.8 Å². The van der Waals surface area contributed by atoms with Crippen molar-refractivity contribution in [3.8, 4) is 0 Å². The van der Waals surface area contributed by atoms with Gasteiger partial charge in [-0.05, 0) is 0 Å². The summed E-state index contributed by atoms with van der Waals surface area (Å²) in [6.45, 7) is 1.97. The fourth-order valence-electron chi connectivity index (χ4n) is 1.61. The van der Waals surface area contributed by atoms with Crippen molar-refractivity contribution in [3.63, 3.8) is 0 Å². The Kier molecular flexibility index (Phi) is 9.06. The van der Waals surface area contributed by atoms with Gasteiger partial charge in [-0.3, -0.25) is 9.59 Å². The molecular weight excluding hydrogens is 272 g/mol. The summed E-state index contributed by atoms with van der Waals surface area (Å²) in [5, 5.41) is 19.9. The molecule has 0 aromatic carbocycles. The van der Waals surface area contributed by atoms with Gasteiger partial charge in [-0.2, -0.15) is 0 Å². The van der Waals surface area contributed by atoms with E-state index in [2.05, 4.69) is 4.74 Å². The van der Waals surface area contributed by atoms with Gasteiger partial charge >= 0.3 is 11.9 Å². The van der Waals surface area contributed by atoms with Crippen molar-refractivity contribution >= 4 is 11.9 Å². The Morgan fingerprint density at radius 1 is 1.05 bits per heavy atom. The molecule has 118 valence electrons. The first-order valence-corrected chi connectivity index (χ1v) is 6.01. The topological polar surface area (TPSA) is 112 Å². The highest BCUT2D eigenvalue weighted by atomic mass is 16.6. The molecule has 0 aromatic heterocycles. The van der Waals surface area contributed by atoms with Crippen LogP contribution in [0.2, 0.25) is 0 Å². The Bertz CT molecular complexity index is 306. The summed E-state index contributed by atoms with van der Waals surface area (Å²) in [5.41, 5.74) is 0. The Labute approximate surface area is 117 Å². The summed E-state index contributed by atoms with van der Waals surface area (Å²) >= 11 is 0. The molecule has 20 heavy (non-hydrogen) atoms. The monoisotopic (exact) mass is 294 g/mol. The third-order valence-electron chi connectivity index (χ3n) is 2.47. The number of methoxy groups -OCH3 is 2. The van der Waals surface area contributed by atoms with E-state index in [0.717, 1.165) is 0 Å². The maximum Gasteiger partial charge on any atom is 0.303 e. The van der Waals surface area contributed by atoms with Crippen LogP contribution in [-0.2, 0) is 28.5 Å². The van der Waals surface area contributed by atoms with Crippen LogP contribution in [0.15, 0.2) is 0 Å². The third-order valence-corrected chi connectivity index (χ3v) is 2.47. The van der Waals surface area contributed by atoms with Crippen molar-refractivity contribution in [2.75, 3.05) is 27.4 Å². The normalized spacial score (nSPS) is 16.9. The summed E-state index contributed by atoms with van der Waals surface area (Å²) < 4.78 is 19.4. The number of esters is 2. The number of hydrogen-bond donors (Lipinski definition) is 2. The summed E-state index contributed by atoms with van der Waals surface area (Å²) in [7, 11) is 2.64. The van der Waals surface area contributed by atoms with Gasteiger partial charge in [-0.15, -0.1) is 0 Å². The quantitative estimate of drug-likeness (QED) is 0.514. The van der Waals surface area contributed by atoms with Crippen molar-refractivity contribution in [1.82, 2.24) is 0 Å². The van der Waals surface area contributed by atoms with Crippen LogP contribution in [0.5, 0.6) is 0 Å². The van der Waals surface area contributed by atoms with Gasteiger partial charge in [0.1, 0.15) is 24.9 Å². The van der Waals surface area contributed by atoms with E-state index < -0.39 is 36.4 Å². The predicted molar refractivity (Wildman–Crippen MR) is 66.9 cm³/mol. The lowest BCUT2D eigenvalue weighted by Gasteiger charge is -2.30. The van der Waals surface area contributed by atoms with Gasteiger partial charge in [0, 0.05) is 28.1 Å². The first-order chi connectivity index (χ1) is 9.33. The number of aliphatic hydroxyl groups is 2. The molecule has 8 heteroatoms. The maximum atomic E-state index is 11.0. The van der Waals surface area contributed by atoms with E-state index in [0.29, 0.717) is 0 Å². The van der Waals surface area contributed by atoms with Crippen molar-refractivity contribution in [1.29, 1.82) is 0 Å². The number of ether oxygens (including phenoxy) is 4. The minimum Gasteiger partial charge on any atom is -0.463 e. The highest BCUT2D eigenvalue weighted by Gasteiger charge is 2.35. The van der Waals surface area contributed by atoms with Crippen molar-refractivity contribution in [2.45, 2.75) is 38.3 Å². The average molecular weight is 294 g/mol. The molecule has 0 saturated carbocycles. The fourth-order valence-corrected chi connectivity index (χ4v) is 1.61. The zero-order valence-corrected chi connectivity index (χ0v) is 12.1. The second kappa shape index (κ2) is 9.65. The van der Waals surface area contributed by atoms with Gasteiger partial charge in [0.05, 0.1) is 6.61 Å². The summed E-state index contributed by atoms with van der Waals surface area (Å²) in [6.07, 6.45) is -4.72. The smallest absolute Gasteiger partial charge is 0.303 e. The van der Waals surface area contributed by atoms with Gasteiger partial charge < -0.3 is 29.2 Å². The molecule has 0 unspecified atom stereocenters. The SMILES string of the molecule is COC[C@H](OC(C)=O)[C@@H](O)[C@H](OC)[C@@H](O)COC(C)=O. The molecule has 0 heterocycles. The standard InChI is InChI=1S/C12H22O8/c1-7(13)19-5-9(15)12(18-4)11(16)10(6-17-3)20-8(2)14/h9-12,15-16H,5-6H2,1-4H3/t9-,10-,11+,12+/m0/s1. The molecule has 0 amide bonds. The van der Waals surface area contributed by atoms with E-state index in [4.69, 9.17) is 14.2 Å². The number of carbonyl (C=O) groups excluding carboxylic acids is 2. The molecule has 0 bridgehead atoms. The molecule has 0 rings (SSSR count).